The lowest BCUT2D eigenvalue weighted by Crippen LogP contribution is -2.20. The highest BCUT2D eigenvalue weighted by Crippen LogP contribution is 2.37. The first-order valence-electron chi connectivity index (χ1n) is 8.37. The molecule has 0 saturated heterocycles. The van der Waals surface area contributed by atoms with Crippen LogP contribution in [0.25, 0.3) is 5.57 Å². The lowest BCUT2D eigenvalue weighted by atomic mass is 9.86. The molecule has 3 nitrogen and oxygen atoms in total. The number of ether oxygens (including phenoxy) is 1. The van der Waals surface area contributed by atoms with Crippen molar-refractivity contribution in [3.63, 3.8) is 0 Å². The molecule has 0 saturated carbocycles. The van der Waals surface area contributed by atoms with E-state index in [2.05, 4.69) is 41.7 Å². The van der Waals surface area contributed by atoms with Crippen LogP contribution < -0.4 is 5.32 Å². The molecule has 0 aromatic heterocycles. The van der Waals surface area contributed by atoms with Gasteiger partial charge in [-0.05, 0) is 43.4 Å². The number of benzene rings is 1. The van der Waals surface area contributed by atoms with Crippen molar-refractivity contribution in [1.82, 2.24) is 0 Å². The zero-order valence-corrected chi connectivity index (χ0v) is 13.5. The zero-order chi connectivity index (χ0) is 16.1. The summed E-state index contributed by atoms with van der Waals surface area (Å²) in [6.07, 6.45) is 11.4. The smallest absolute Gasteiger partial charge is 0.331 e. The van der Waals surface area contributed by atoms with E-state index in [1.165, 1.54) is 11.1 Å². The fourth-order valence-electron chi connectivity index (χ4n) is 3.18. The Morgan fingerprint density at radius 3 is 3.13 bits per heavy atom. The quantitative estimate of drug-likeness (QED) is 0.502. The van der Waals surface area contributed by atoms with Crippen LogP contribution in [0.1, 0.15) is 31.7 Å². The molecule has 1 aliphatic heterocycles. The average Bonchev–Trinajstić information content (AvgIpc) is 2.65. The molecular weight excluding hydrogens is 286 g/mol. The number of hydrogen-bond acceptors (Lipinski definition) is 3. The Bertz CT molecular complexity index is 670. The first-order chi connectivity index (χ1) is 11.3. The van der Waals surface area contributed by atoms with Crippen LogP contribution in [0.3, 0.4) is 0 Å². The summed E-state index contributed by atoms with van der Waals surface area (Å²) in [6.45, 7) is 3.14. The van der Waals surface area contributed by atoms with Gasteiger partial charge in [-0.1, -0.05) is 36.4 Å². The second-order valence-corrected chi connectivity index (χ2v) is 5.92. The lowest BCUT2D eigenvalue weighted by Gasteiger charge is -2.27. The van der Waals surface area contributed by atoms with Crippen molar-refractivity contribution >= 4 is 17.2 Å². The predicted molar refractivity (Wildman–Crippen MR) is 94.1 cm³/mol. The monoisotopic (exact) mass is 309 g/mol. The number of nitrogens with one attached hydrogen (secondary N) is 1. The third kappa shape index (κ3) is 3.73. The zero-order valence-electron chi connectivity index (χ0n) is 13.5. The van der Waals surface area contributed by atoms with E-state index in [-0.39, 0.29) is 5.97 Å². The minimum Gasteiger partial charge on any atom is -0.463 e. The molecule has 1 atom stereocenters. The van der Waals surface area contributed by atoms with Crippen LogP contribution in [0.2, 0.25) is 0 Å². The molecule has 0 spiro atoms. The number of rotatable bonds is 2. The van der Waals surface area contributed by atoms with Crippen molar-refractivity contribution in [3.05, 3.63) is 59.7 Å². The van der Waals surface area contributed by atoms with Crippen LogP contribution in [0, 0.1) is 5.92 Å². The highest BCUT2D eigenvalue weighted by molar-refractivity contribution is 5.86. The molecule has 0 bridgehead atoms. The van der Waals surface area contributed by atoms with Gasteiger partial charge in [0.05, 0.1) is 6.61 Å². The maximum Gasteiger partial charge on any atom is 0.331 e. The van der Waals surface area contributed by atoms with Crippen LogP contribution in [0.5, 0.6) is 0 Å². The summed E-state index contributed by atoms with van der Waals surface area (Å²) in [5.41, 5.74) is 4.74. The van der Waals surface area contributed by atoms with Gasteiger partial charge in [0.25, 0.3) is 0 Å². The molecule has 3 rings (SSSR count). The molecule has 1 N–H and O–H groups in total. The first-order valence-corrected chi connectivity index (χ1v) is 8.37. The number of fused-ring (bicyclic) bond motifs is 3. The second-order valence-electron chi connectivity index (χ2n) is 5.92. The summed E-state index contributed by atoms with van der Waals surface area (Å²) in [7, 11) is 0. The van der Waals surface area contributed by atoms with Gasteiger partial charge in [-0.25, -0.2) is 4.79 Å². The minimum absolute atomic E-state index is 0.245. The number of esters is 1. The molecular formula is C20H23NO2. The van der Waals surface area contributed by atoms with Gasteiger partial charge in [-0.2, -0.15) is 0 Å². The van der Waals surface area contributed by atoms with E-state index in [1.54, 1.807) is 6.08 Å². The summed E-state index contributed by atoms with van der Waals surface area (Å²) in [5, 5.41) is 3.50. The highest BCUT2D eigenvalue weighted by Gasteiger charge is 2.22. The van der Waals surface area contributed by atoms with Crippen molar-refractivity contribution in [2.45, 2.75) is 26.2 Å². The van der Waals surface area contributed by atoms with Crippen LogP contribution in [-0.4, -0.2) is 19.1 Å². The molecule has 1 aliphatic carbocycles. The second kappa shape index (κ2) is 7.32. The van der Waals surface area contributed by atoms with Crippen molar-refractivity contribution in [1.29, 1.82) is 0 Å². The van der Waals surface area contributed by atoms with Gasteiger partial charge in [0.15, 0.2) is 0 Å². The van der Waals surface area contributed by atoms with Gasteiger partial charge in [-0.15, -0.1) is 0 Å². The predicted octanol–water partition coefficient (Wildman–Crippen LogP) is 4.34. The summed E-state index contributed by atoms with van der Waals surface area (Å²) in [4.78, 5) is 11.8. The van der Waals surface area contributed by atoms with Gasteiger partial charge >= 0.3 is 5.97 Å². The van der Waals surface area contributed by atoms with E-state index >= 15 is 0 Å². The molecule has 0 fully saturated rings. The number of carbonyl (C=O) groups is 1. The topological polar surface area (TPSA) is 38.3 Å². The summed E-state index contributed by atoms with van der Waals surface area (Å²) in [5.74, 6) is 0.0962. The Morgan fingerprint density at radius 2 is 2.26 bits per heavy atom. The number of para-hydroxylation sites is 1. The Labute approximate surface area is 137 Å². The summed E-state index contributed by atoms with van der Waals surface area (Å²) < 4.78 is 5.08. The van der Waals surface area contributed by atoms with Crippen LogP contribution in [0.4, 0.5) is 5.69 Å². The van der Waals surface area contributed by atoms with Crippen molar-refractivity contribution in [2.24, 2.45) is 5.92 Å². The average molecular weight is 309 g/mol. The number of allylic oxidation sites excluding steroid dienone is 3. The van der Waals surface area contributed by atoms with E-state index in [0.29, 0.717) is 12.5 Å². The van der Waals surface area contributed by atoms with E-state index < -0.39 is 0 Å². The van der Waals surface area contributed by atoms with Gasteiger partial charge in [0, 0.05) is 29.8 Å². The normalized spacial score (nSPS) is 25.5. The Morgan fingerprint density at radius 1 is 1.39 bits per heavy atom. The Balaban J connectivity index is 2.02. The van der Waals surface area contributed by atoms with E-state index in [1.807, 2.05) is 13.0 Å². The first kappa shape index (κ1) is 15.6. The number of carbonyl (C=O) groups excluding carboxylic acids is 1. The Hall–Kier alpha value is -2.29. The van der Waals surface area contributed by atoms with Crippen LogP contribution >= 0.6 is 0 Å². The third-order valence-electron chi connectivity index (χ3n) is 4.29. The molecule has 1 heterocycles. The van der Waals surface area contributed by atoms with Crippen LogP contribution in [-0.2, 0) is 9.53 Å². The maximum atomic E-state index is 11.8. The molecule has 0 radical (unpaired) electrons. The molecule has 1 aromatic rings. The molecule has 1 aromatic carbocycles. The molecule has 3 heteroatoms. The maximum absolute atomic E-state index is 11.8. The number of hydrogen-bond donors (Lipinski definition) is 1. The standard InChI is InChI=1S/C20H23NO2/c1-2-23-20(22)13-15-8-4-3-5-9-16-14-21-19-11-7-6-10-17(19)18(16)12-15/h5-7,9-13,16,21H,2-4,8,14H2,1H3/b9-5-,15-13-,18-12+. The SMILES string of the molecule is CCOC(=O)/C=C1\C=C2\c3ccccc3NCC2/C=C\CCC1. The summed E-state index contributed by atoms with van der Waals surface area (Å²) >= 11 is 0. The summed E-state index contributed by atoms with van der Waals surface area (Å²) in [6, 6.07) is 8.37. The molecule has 1 unspecified atom stereocenters. The van der Waals surface area contributed by atoms with Gasteiger partial charge in [0.2, 0.25) is 0 Å². The molecule has 23 heavy (non-hydrogen) atoms. The van der Waals surface area contributed by atoms with Crippen molar-refractivity contribution in [2.75, 3.05) is 18.5 Å². The number of anilines is 1. The van der Waals surface area contributed by atoms with E-state index in [4.69, 9.17) is 4.74 Å². The molecule has 120 valence electrons. The van der Waals surface area contributed by atoms with Gasteiger partial charge in [-0.3, -0.25) is 0 Å². The Kier molecular flexibility index (Phi) is 4.96. The highest BCUT2D eigenvalue weighted by atomic mass is 16.5. The van der Waals surface area contributed by atoms with Crippen molar-refractivity contribution in [3.8, 4) is 0 Å². The molecule has 0 amide bonds. The fourth-order valence-corrected chi connectivity index (χ4v) is 3.18. The fraction of sp³-hybridized carbons (Fsp3) is 0.350. The van der Waals surface area contributed by atoms with E-state index in [9.17, 15) is 4.79 Å². The van der Waals surface area contributed by atoms with Crippen molar-refractivity contribution < 1.29 is 9.53 Å². The minimum atomic E-state index is -0.245. The van der Waals surface area contributed by atoms with Gasteiger partial charge < -0.3 is 10.1 Å². The van der Waals surface area contributed by atoms with Gasteiger partial charge in [0.1, 0.15) is 0 Å². The lowest BCUT2D eigenvalue weighted by molar-refractivity contribution is -0.137. The largest absolute Gasteiger partial charge is 0.463 e. The van der Waals surface area contributed by atoms with E-state index in [0.717, 1.165) is 37.1 Å². The van der Waals surface area contributed by atoms with Crippen LogP contribution in [0.15, 0.2) is 54.1 Å². The third-order valence-corrected chi connectivity index (χ3v) is 4.29. The molecule has 2 aliphatic rings.